The molecule has 5 nitrogen and oxygen atoms in total. The average molecular weight is 460 g/mol. The van der Waals surface area contributed by atoms with Crippen LogP contribution in [0.5, 0.6) is 0 Å². The Kier molecular flexibility index (Phi) is 4.68. The molecule has 0 saturated carbocycles. The van der Waals surface area contributed by atoms with Crippen LogP contribution in [0.2, 0.25) is 0 Å². The van der Waals surface area contributed by atoms with Crippen molar-refractivity contribution in [1.29, 1.82) is 0 Å². The van der Waals surface area contributed by atoms with Gasteiger partial charge in [0.1, 0.15) is 11.5 Å². The van der Waals surface area contributed by atoms with E-state index < -0.39 is 4.92 Å². The van der Waals surface area contributed by atoms with Crippen molar-refractivity contribution in [2.75, 3.05) is 0 Å². The third-order valence-electron chi connectivity index (χ3n) is 6.85. The number of aromatic nitrogens is 1. The molecule has 35 heavy (non-hydrogen) atoms. The van der Waals surface area contributed by atoms with E-state index >= 15 is 0 Å². The lowest BCUT2D eigenvalue weighted by molar-refractivity contribution is -0.588. The maximum Gasteiger partial charge on any atom is 0.269 e. The van der Waals surface area contributed by atoms with Gasteiger partial charge in [0, 0.05) is 52.6 Å². The van der Waals surface area contributed by atoms with E-state index in [1.54, 1.807) is 12.1 Å². The van der Waals surface area contributed by atoms with Gasteiger partial charge in [0.05, 0.1) is 10.3 Å². The van der Waals surface area contributed by atoms with E-state index in [2.05, 4.69) is 79.1 Å². The van der Waals surface area contributed by atoms with E-state index in [1.807, 2.05) is 18.2 Å². The quantitative estimate of drug-likeness (QED) is 0.164. The molecule has 0 atom stereocenters. The molecule has 1 aliphatic heterocycles. The summed E-state index contributed by atoms with van der Waals surface area (Å²) in [6.07, 6.45) is 0. The zero-order chi connectivity index (χ0) is 24.2. The Morgan fingerprint density at radius 2 is 1.40 bits per heavy atom. The third-order valence-corrected chi connectivity index (χ3v) is 6.85. The minimum Gasteiger partial charge on any atom is -0.456 e. The number of nitro benzene ring substituents is 1. The van der Waals surface area contributed by atoms with Gasteiger partial charge in [-0.3, -0.25) is 10.1 Å². The van der Waals surface area contributed by atoms with Crippen LogP contribution in [-0.4, -0.2) is 4.92 Å². The number of furan rings is 1. The predicted octanol–water partition coefficient (Wildman–Crippen LogP) is 7.10. The zero-order valence-electron chi connectivity index (χ0n) is 19.4. The SMILES string of the molecule is CC1(C)c2ccccc2-[n+]2c(-c3ccccc3)cc(-c3ccc(-c4ccc([N+](=O)[O-])cc4)o3)cc21. The van der Waals surface area contributed by atoms with Crippen molar-refractivity contribution in [3.05, 3.63) is 124 Å². The molecule has 170 valence electrons. The van der Waals surface area contributed by atoms with Gasteiger partial charge < -0.3 is 4.42 Å². The molecule has 1 aliphatic rings. The Labute approximate surface area is 203 Å². The Hall–Kier alpha value is -4.51. The number of hydrogen-bond acceptors (Lipinski definition) is 3. The normalized spacial score (nSPS) is 13.3. The summed E-state index contributed by atoms with van der Waals surface area (Å²) in [7, 11) is 0. The van der Waals surface area contributed by atoms with Crippen molar-refractivity contribution in [1.82, 2.24) is 0 Å². The Balaban J connectivity index is 1.52. The fraction of sp³-hybridized carbons (Fsp3) is 0.100. The van der Waals surface area contributed by atoms with Crippen molar-refractivity contribution in [2.45, 2.75) is 19.3 Å². The monoisotopic (exact) mass is 459 g/mol. The fourth-order valence-corrected chi connectivity index (χ4v) is 5.01. The summed E-state index contributed by atoms with van der Waals surface area (Å²) in [5.74, 6) is 1.43. The van der Waals surface area contributed by atoms with E-state index in [9.17, 15) is 10.1 Å². The molecule has 5 heteroatoms. The van der Waals surface area contributed by atoms with Crippen molar-refractivity contribution in [2.24, 2.45) is 0 Å². The first-order valence-corrected chi connectivity index (χ1v) is 11.5. The summed E-state index contributed by atoms with van der Waals surface area (Å²) < 4.78 is 8.63. The topological polar surface area (TPSA) is 60.2 Å². The fourth-order valence-electron chi connectivity index (χ4n) is 5.01. The highest BCUT2D eigenvalue weighted by Crippen LogP contribution is 2.42. The third kappa shape index (κ3) is 3.36. The number of nitro groups is 1. The van der Waals surface area contributed by atoms with Crippen LogP contribution in [0.3, 0.4) is 0 Å². The first kappa shape index (κ1) is 21.1. The number of para-hydroxylation sites is 1. The smallest absolute Gasteiger partial charge is 0.269 e. The van der Waals surface area contributed by atoms with E-state index in [0.717, 1.165) is 28.1 Å². The maximum absolute atomic E-state index is 11.0. The Bertz CT molecular complexity index is 1580. The Morgan fingerprint density at radius 1 is 0.743 bits per heavy atom. The molecule has 0 unspecified atom stereocenters. The predicted molar refractivity (Wildman–Crippen MR) is 135 cm³/mol. The number of rotatable bonds is 4. The van der Waals surface area contributed by atoms with Crippen molar-refractivity contribution < 1.29 is 13.9 Å². The molecule has 2 aromatic heterocycles. The minimum atomic E-state index is -0.398. The summed E-state index contributed by atoms with van der Waals surface area (Å²) in [5, 5.41) is 11.0. The van der Waals surface area contributed by atoms with Crippen LogP contribution < -0.4 is 4.57 Å². The van der Waals surface area contributed by atoms with E-state index in [0.29, 0.717) is 5.76 Å². The lowest BCUT2D eigenvalue weighted by Crippen LogP contribution is -2.37. The minimum absolute atomic E-state index is 0.0606. The molecule has 0 spiro atoms. The second kappa shape index (κ2) is 7.77. The largest absolute Gasteiger partial charge is 0.456 e. The van der Waals surface area contributed by atoms with Crippen LogP contribution >= 0.6 is 0 Å². The van der Waals surface area contributed by atoms with Gasteiger partial charge in [-0.25, -0.2) is 0 Å². The summed E-state index contributed by atoms with van der Waals surface area (Å²) in [6, 6.07) is 33.7. The summed E-state index contributed by atoms with van der Waals surface area (Å²) in [4.78, 5) is 10.6. The zero-order valence-corrected chi connectivity index (χ0v) is 19.4. The summed E-state index contributed by atoms with van der Waals surface area (Å²) in [6.45, 7) is 4.52. The number of pyridine rings is 1. The summed E-state index contributed by atoms with van der Waals surface area (Å²) >= 11 is 0. The van der Waals surface area contributed by atoms with Crippen LogP contribution in [-0.2, 0) is 5.41 Å². The van der Waals surface area contributed by atoms with E-state index in [1.165, 1.54) is 29.1 Å². The second-order valence-electron chi connectivity index (χ2n) is 9.33. The first-order chi connectivity index (χ1) is 16.9. The second-order valence-corrected chi connectivity index (χ2v) is 9.33. The van der Waals surface area contributed by atoms with Gasteiger partial charge in [0.15, 0.2) is 5.69 Å². The van der Waals surface area contributed by atoms with Crippen LogP contribution in [0, 0.1) is 10.1 Å². The van der Waals surface area contributed by atoms with Gasteiger partial charge >= 0.3 is 0 Å². The van der Waals surface area contributed by atoms with Crippen LogP contribution in [0.1, 0.15) is 25.1 Å². The highest BCUT2D eigenvalue weighted by molar-refractivity contribution is 5.71. The summed E-state index contributed by atoms with van der Waals surface area (Å²) in [5.41, 5.74) is 7.59. The molecule has 3 heterocycles. The average Bonchev–Trinajstić information content (AvgIpc) is 3.46. The highest BCUT2D eigenvalue weighted by Gasteiger charge is 2.45. The molecule has 0 saturated heterocycles. The lowest BCUT2D eigenvalue weighted by Gasteiger charge is -2.15. The number of nitrogens with zero attached hydrogens (tertiary/aromatic N) is 2. The molecule has 0 bridgehead atoms. The standard InChI is InChI=1S/C30H23N2O3/c1-30(2)24-10-6-7-11-25(24)31-26(20-8-4-3-5-9-20)18-22(19-29(30)31)28-17-16-27(35-28)21-12-14-23(15-13-21)32(33)34/h3-19H,1-2H3/q+1. The number of fused-ring (bicyclic) bond motifs is 3. The van der Waals surface area contributed by atoms with Gasteiger partial charge in [0.2, 0.25) is 11.4 Å². The molecular formula is C30H23N2O3+. The molecule has 0 fully saturated rings. The molecule has 0 amide bonds. The molecule has 5 aromatic rings. The van der Waals surface area contributed by atoms with Gasteiger partial charge in [-0.2, -0.15) is 4.57 Å². The lowest BCUT2D eigenvalue weighted by atomic mass is 9.83. The van der Waals surface area contributed by atoms with Crippen molar-refractivity contribution in [3.63, 3.8) is 0 Å². The van der Waals surface area contributed by atoms with E-state index in [4.69, 9.17) is 4.42 Å². The molecule has 6 rings (SSSR count). The van der Waals surface area contributed by atoms with Crippen molar-refractivity contribution in [3.8, 4) is 39.6 Å². The molecule has 0 radical (unpaired) electrons. The van der Waals surface area contributed by atoms with Gasteiger partial charge in [0.25, 0.3) is 5.69 Å². The van der Waals surface area contributed by atoms with Crippen LogP contribution in [0.4, 0.5) is 5.69 Å². The number of benzene rings is 3. The van der Waals surface area contributed by atoms with Crippen molar-refractivity contribution >= 4 is 5.69 Å². The molecule has 0 N–H and O–H groups in total. The van der Waals surface area contributed by atoms with Gasteiger partial charge in [-0.1, -0.05) is 36.4 Å². The van der Waals surface area contributed by atoms with Gasteiger partial charge in [-0.05, 0) is 50.2 Å². The van der Waals surface area contributed by atoms with Gasteiger partial charge in [-0.15, -0.1) is 0 Å². The number of non-ortho nitro benzene ring substituents is 1. The maximum atomic E-state index is 11.0. The van der Waals surface area contributed by atoms with Crippen LogP contribution in [0.25, 0.3) is 39.6 Å². The molecule has 0 aliphatic carbocycles. The van der Waals surface area contributed by atoms with Crippen LogP contribution in [0.15, 0.2) is 108 Å². The molecule has 3 aromatic carbocycles. The Morgan fingerprint density at radius 3 is 2.11 bits per heavy atom. The first-order valence-electron chi connectivity index (χ1n) is 11.5. The highest BCUT2D eigenvalue weighted by atomic mass is 16.6. The molecular weight excluding hydrogens is 436 g/mol. The number of hydrogen-bond donors (Lipinski definition) is 0. The van der Waals surface area contributed by atoms with E-state index in [-0.39, 0.29) is 11.1 Å².